The van der Waals surface area contributed by atoms with Crippen molar-refractivity contribution >= 4 is 42.9 Å². The normalized spacial score (nSPS) is 11.0. The summed E-state index contributed by atoms with van der Waals surface area (Å²) >= 11 is -0.103. The number of nitrogens with zero attached hydrogens (tertiary/aromatic N) is 5. The van der Waals surface area contributed by atoms with Crippen molar-refractivity contribution in [1.82, 2.24) is 25.4 Å². The molecule has 1 aromatic carbocycles. The van der Waals surface area contributed by atoms with Crippen molar-refractivity contribution < 1.29 is 18.4 Å². The van der Waals surface area contributed by atoms with E-state index in [1.165, 1.54) is 6.08 Å². The SMILES string of the molecule is O=C(/C=C/c1cc(F)ccc1F)Nc1ccc(CCCCc2nnc(NC(=O)Cc3ccccn3)[se]2)nn1. The molecule has 0 saturated heterocycles. The number of nitrogens with one attached hydrogen (secondary N) is 2. The van der Waals surface area contributed by atoms with Crippen LogP contribution in [0.4, 0.5) is 19.3 Å². The molecule has 194 valence electrons. The minimum atomic E-state index is -0.628. The number of amides is 2. The zero-order valence-corrected chi connectivity index (χ0v) is 21.8. The molecule has 0 aliphatic rings. The van der Waals surface area contributed by atoms with E-state index in [1.807, 2.05) is 6.07 Å². The average molecular weight is 582 g/mol. The Bertz CT molecular complexity index is 1410. The first-order valence-electron chi connectivity index (χ1n) is 11.7. The second kappa shape index (κ2) is 13.4. The average Bonchev–Trinajstić information content (AvgIpc) is 3.35. The third-order valence-corrected chi connectivity index (χ3v) is 7.08. The Hall–Kier alpha value is -4.15. The number of aryl methyl sites for hydroxylation is 2. The Morgan fingerprint density at radius 1 is 0.895 bits per heavy atom. The topological polar surface area (TPSA) is 123 Å². The van der Waals surface area contributed by atoms with E-state index in [0.717, 1.165) is 53.8 Å². The van der Waals surface area contributed by atoms with Crippen LogP contribution in [0.2, 0.25) is 0 Å². The first kappa shape index (κ1) is 26.9. The number of hydrogen-bond donors (Lipinski definition) is 2. The van der Waals surface area contributed by atoms with E-state index in [1.54, 1.807) is 30.5 Å². The third-order valence-electron chi connectivity index (χ3n) is 5.20. The quantitative estimate of drug-likeness (QED) is 0.158. The summed E-state index contributed by atoms with van der Waals surface area (Å²) in [5.41, 5.74) is 1.45. The molecule has 0 radical (unpaired) electrons. The van der Waals surface area contributed by atoms with Gasteiger partial charge in [0.15, 0.2) is 0 Å². The predicted molar refractivity (Wildman–Crippen MR) is 138 cm³/mol. The molecule has 3 aromatic heterocycles. The van der Waals surface area contributed by atoms with Gasteiger partial charge in [0.2, 0.25) is 0 Å². The van der Waals surface area contributed by atoms with E-state index < -0.39 is 17.5 Å². The van der Waals surface area contributed by atoms with E-state index in [0.29, 0.717) is 16.8 Å². The summed E-state index contributed by atoms with van der Waals surface area (Å²) < 4.78 is 28.4. The summed E-state index contributed by atoms with van der Waals surface area (Å²) in [7, 11) is 0. The predicted octanol–water partition coefficient (Wildman–Crippen LogP) is 3.40. The van der Waals surface area contributed by atoms with Crippen LogP contribution in [0.3, 0.4) is 0 Å². The number of rotatable bonds is 11. The molecular weight excluding hydrogens is 559 g/mol. The van der Waals surface area contributed by atoms with Gasteiger partial charge in [-0.15, -0.1) is 0 Å². The molecule has 38 heavy (non-hydrogen) atoms. The summed E-state index contributed by atoms with van der Waals surface area (Å²) in [4.78, 5) is 28.3. The van der Waals surface area contributed by atoms with Gasteiger partial charge in [-0.2, -0.15) is 0 Å². The van der Waals surface area contributed by atoms with Crippen LogP contribution in [0.5, 0.6) is 0 Å². The molecular formula is C26H23F2N7O2Se. The van der Waals surface area contributed by atoms with Gasteiger partial charge in [0.25, 0.3) is 0 Å². The molecule has 0 aliphatic carbocycles. The zero-order chi connectivity index (χ0) is 26.7. The maximum absolute atomic E-state index is 13.6. The van der Waals surface area contributed by atoms with Crippen molar-refractivity contribution in [2.24, 2.45) is 0 Å². The van der Waals surface area contributed by atoms with Crippen LogP contribution in [-0.2, 0) is 28.9 Å². The molecule has 0 unspecified atom stereocenters. The molecule has 0 aliphatic heterocycles. The van der Waals surface area contributed by atoms with Gasteiger partial charge in [-0.1, -0.05) is 0 Å². The van der Waals surface area contributed by atoms with Crippen LogP contribution < -0.4 is 10.6 Å². The third kappa shape index (κ3) is 8.46. The van der Waals surface area contributed by atoms with E-state index in [-0.39, 0.29) is 38.2 Å². The van der Waals surface area contributed by atoms with Crippen LogP contribution in [0, 0.1) is 11.6 Å². The summed E-state index contributed by atoms with van der Waals surface area (Å²) in [6.07, 6.45) is 7.36. The van der Waals surface area contributed by atoms with Crippen LogP contribution >= 0.6 is 0 Å². The van der Waals surface area contributed by atoms with Gasteiger partial charge in [-0.25, -0.2) is 8.78 Å². The fourth-order valence-electron chi connectivity index (χ4n) is 3.35. The molecule has 0 fully saturated rings. The number of halogens is 2. The van der Waals surface area contributed by atoms with Gasteiger partial charge < -0.3 is 0 Å². The number of carbonyl (C=O) groups excluding carboxylic acids is 2. The van der Waals surface area contributed by atoms with Gasteiger partial charge in [-0.3, -0.25) is 0 Å². The monoisotopic (exact) mass is 583 g/mol. The first-order valence-corrected chi connectivity index (χ1v) is 13.4. The summed E-state index contributed by atoms with van der Waals surface area (Å²) in [5, 5.41) is 21.8. The Morgan fingerprint density at radius 2 is 1.76 bits per heavy atom. The minimum absolute atomic E-state index is 0.0282. The number of pyridine rings is 1. The molecule has 2 amide bonds. The van der Waals surface area contributed by atoms with E-state index in [2.05, 4.69) is 36.0 Å². The van der Waals surface area contributed by atoms with Crippen molar-refractivity contribution in [2.45, 2.75) is 32.1 Å². The van der Waals surface area contributed by atoms with Gasteiger partial charge in [0, 0.05) is 5.56 Å². The number of anilines is 2. The van der Waals surface area contributed by atoms with E-state index >= 15 is 0 Å². The molecule has 0 bridgehead atoms. The molecule has 2 N–H and O–H groups in total. The van der Waals surface area contributed by atoms with Gasteiger partial charge in [0.05, 0.1) is 0 Å². The van der Waals surface area contributed by atoms with Crippen molar-refractivity contribution in [2.75, 3.05) is 10.6 Å². The molecule has 3 heterocycles. The molecule has 9 nitrogen and oxygen atoms in total. The number of unbranched alkanes of at least 4 members (excludes halogenated alkanes) is 1. The number of carbonyl (C=O) groups is 2. The van der Waals surface area contributed by atoms with Crippen molar-refractivity contribution in [1.29, 1.82) is 0 Å². The van der Waals surface area contributed by atoms with E-state index in [4.69, 9.17) is 0 Å². The maximum atomic E-state index is 13.6. The molecule has 4 rings (SSSR count). The van der Waals surface area contributed by atoms with E-state index in [9.17, 15) is 18.4 Å². The van der Waals surface area contributed by atoms with Crippen molar-refractivity contribution in [3.63, 3.8) is 0 Å². The fraction of sp³-hybridized carbons (Fsp3) is 0.192. The van der Waals surface area contributed by atoms with Crippen molar-refractivity contribution in [3.8, 4) is 0 Å². The number of aromatic nitrogens is 5. The van der Waals surface area contributed by atoms with Gasteiger partial charge in [0.1, 0.15) is 11.6 Å². The summed E-state index contributed by atoms with van der Waals surface area (Å²) in [5.74, 6) is -1.66. The first-order chi connectivity index (χ1) is 18.4. The van der Waals surface area contributed by atoms with Gasteiger partial charge in [-0.05, 0) is 24.3 Å². The Morgan fingerprint density at radius 3 is 2.55 bits per heavy atom. The molecule has 0 spiro atoms. The molecule has 12 heteroatoms. The Kier molecular flexibility index (Phi) is 9.49. The molecule has 0 saturated carbocycles. The Labute approximate surface area is 223 Å². The van der Waals surface area contributed by atoms with Gasteiger partial charge >= 0.3 is 173 Å². The standard InChI is InChI=1S/C26H23F2N7O2Se/c27-18-9-11-21(28)17(15-18)8-13-23(36)30-22-12-10-19(32-33-22)5-1-2-7-25-34-35-26(38-25)31-24(37)16-20-6-3-4-14-29-20/h3-4,6,8-15H,1-2,5,7,16H2,(H,30,33,36)(H,31,35,37)/b13-8+. The molecule has 0 atom stereocenters. The second-order valence-electron chi connectivity index (χ2n) is 8.15. The second-order valence-corrected chi connectivity index (χ2v) is 10.4. The van der Waals surface area contributed by atoms with Crippen LogP contribution in [0.25, 0.3) is 6.08 Å². The number of benzene rings is 1. The van der Waals surface area contributed by atoms with Crippen LogP contribution in [0.15, 0.2) is 60.8 Å². The molecule has 4 aromatic rings. The van der Waals surface area contributed by atoms with Crippen molar-refractivity contribution in [3.05, 3.63) is 94.0 Å². The zero-order valence-electron chi connectivity index (χ0n) is 20.1. The Balaban J connectivity index is 1.16. The summed E-state index contributed by atoms with van der Waals surface area (Å²) in [6, 6.07) is 11.9. The van der Waals surface area contributed by atoms with Crippen LogP contribution in [-0.4, -0.2) is 51.7 Å². The fourth-order valence-corrected chi connectivity index (χ4v) is 5.03. The summed E-state index contributed by atoms with van der Waals surface area (Å²) in [6.45, 7) is 0. The number of hydrogen-bond acceptors (Lipinski definition) is 7. The van der Waals surface area contributed by atoms with Crippen LogP contribution in [0.1, 0.15) is 34.4 Å².